The summed E-state index contributed by atoms with van der Waals surface area (Å²) in [5.41, 5.74) is 8.90. The molecule has 0 radical (unpaired) electrons. The normalized spacial score (nSPS) is 11.9. The molecule has 0 aliphatic carbocycles. The quantitative estimate of drug-likeness (QED) is 0.756. The van der Waals surface area contributed by atoms with Crippen LogP contribution in [0.15, 0.2) is 48.5 Å². The van der Waals surface area contributed by atoms with Crippen molar-refractivity contribution in [3.05, 3.63) is 59.7 Å². The molecule has 0 heterocycles. The second kappa shape index (κ2) is 6.87. The minimum absolute atomic E-state index is 0.0303. The van der Waals surface area contributed by atoms with Crippen LogP contribution in [0.4, 0.5) is 0 Å². The van der Waals surface area contributed by atoms with Crippen molar-refractivity contribution in [2.24, 2.45) is 5.73 Å². The Hall–Kier alpha value is -2.66. The molecule has 114 valence electrons. The van der Waals surface area contributed by atoms with Gasteiger partial charge in [-0.25, -0.2) is 0 Å². The molecule has 0 aromatic heterocycles. The fourth-order valence-corrected chi connectivity index (χ4v) is 2.25. The van der Waals surface area contributed by atoms with Crippen LogP contribution in [-0.4, -0.2) is 28.2 Å². The van der Waals surface area contributed by atoms with Gasteiger partial charge in [-0.3, -0.25) is 9.59 Å². The zero-order chi connectivity index (χ0) is 16.1. The Labute approximate surface area is 128 Å². The Morgan fingerprint density at radius 2 is 1.50 bits per heavy atom. The maximum atomic E-state index is 10.8. The van der Waals surface area contributed by atoms with E-state index in [1.807, 2.05) is 42.5 Å². The SMILES string of the molecule is NC(Cc1cccc(-c2cccc(CC(=O)O)c2)c1)C(=O)O. The number of aliphatic carboxylic acids is 2. The third-order valence-corrected chi connectivity index (χ3v) is 3.32. The number of carboxylic acids is 2. The smallest absolute Gasteiger partial charge is 0.320 e. The number of hydrogen-bond donors (Lipinski definition) is 3. The van der Waals surface area contributed by atoms with Crippen LogP contribution in [0, 0.1) is 0 Å². The monoisotopic (exact) mass is 299 g/mol. The van der Waals surface area contributed by atoms with Crippen molar-refractivity contribution < 1.29 is 19.8 Å². The van der Waals surface area contributed by atoms with E-state index >= 15 is 0 Å². The fraction of sp³-hybridized carbons (Fsp3) is 0.176. The molecular formula is C17H17NO4. The molecule has 0 spiro atoms. The van der Waals surface area contributed by atoms with Gasteiger partial charge in [-0.1, -0.05) is 48.5 Å². The van der Waals surface area contributed by atoms with Gasteiger partial charge in [0.25, 0.3) is 0 Å². The van der Waals surface area contributed by atoms with Gasteiger partial charge in [-0.2, -0.15) is 0 Å². The van der Waals surface area contributed by atoms with E-state index in [9.17, 15) is 9.59 Å². The third kappa shape index (κ3) is 4.17. The number of carboxylic acid groups (broad SMARTS) is 2. The van der Waals surface area contributed by atoms with Crippen molar-refractivity contribution in [1.82, 2.24) is 0 Å². The van der Waals surface area contributed by atoms with E-state index in [4.69, 9.17) is 15.9 Å². The molecule has 0 bridgehead atoms. The van der Waals surface area contributed by atoms with E-state index in [0.717, 1.165) is 22.3 Å². The fourth-order valence-electron chi connectivity index (χ4n) is 2.25. The lowest BCUT2D eigenvalue weighted by molar-refractivity contribution is -0.138. The first-order valence-electron chi connectivity index (χ1n) is 6.84. The average Bonchev–Trinajstić information content (AvgIpc) is 2.47. The van der Waals surface area contributed by atoms with Gasteiger partial charge >= 0.3 is 11.9 Å². The Balaban J connectivity index is 2.25. The van der Waals surface area contributed by atoms with Gasteiger partial charge in [0.1, 0.15) is 6.04 Å². The first-order chi connectivity index (χ1) is 10.5. The summed E-state index contributed by atoms with van der Waals surface area (Å²) in [7, 11) is 0. The Morgan fingerprint density at radius 3 is 2.05 bits per heavy atom. The Bertz CT molecular complexity index is 697. The number of hydrogen-bond acceptors (Lipinski definition) is 3. The second-order valence-electron chi connectivity index (χ2n) is 5.12. The van der Waals surface area contributed by atoms with Crippen molar-refractivity contribution in [2.45, 2.75) is 18.9 Å². The van der Waals surface area contributed by atoms with Gasteiger partial charge in [0, 0.05) is 0 Å². The summed E-state index contributed by atoms with van der Waals surface area (Å²) in [6, 6.07) is 13.8. The number of carbonyl (C=O) groups is 2. The van der Waals surface area contributed by atoms with Crippen LogP contribution in [0.3, 0.4) is 0 Å². The molecule has 2 aromatic rings. The highest BCUT2D eigenvalue weighted by molar-refractivity contribution is 5.74. The second-order valence-corrected chi connectivity index (χ2v) is 5.12. The summed E-state index contributed by atoms with van der Waals surface area (Å²) in [6.07, 6.45) is 0.218. The Morgan fingerprint density at radius 1 is 0.955 bits per heavy atom. The molecule has 2 aromatic carbocycles. The zero-order valence-corrected chi connectivity index (χ0v) is 11.9. The highest BCUT2D eigenvalue weighted by atomic mass is 16.4. The average molecular weight is 299 g/mol. The zero-order valence-electron chi connectivity index (χ0n) is 11.9. The molecule has 0 aliphatic rings. The van der Waals surface area contributed by atoms with Crippen LogP contribution >= 0.6 is 0 Å². The summed E-state index contributed by atoms with van der Waals surface area (Å²) < 4.78 is 0. The van der Waals surface area contributed by atoms with E-state index in [1.54, 1.807) is 6.07 Å². The van der Waals surface area contributed by atoms with Crippen molar-refractivity contribution in [1.29, 1.82) is 0 Å². The molecule has 22 heavy (non-hydrogen) atoms. The molecular weight excluding hydrogens is 282 g/mol. The molecule has 1 atom stereocenters. The van der Waals surface area contributed by atoms with Crippen LogP contribution < -0.4 is 5.73 Å². The van der Waals surface area contributed by atoms with Crippen molar-refractivity contribution in [3.63, 3.8) is 0 Å². The largest absolute Gasteiger partial charge is 0.481 e. The summed E-state index contributed by atoms with van der Waals surface area (Å²) in [5, 5.41) is 17.7. The summed E-state index contributed by atoms with van der Waals surface area (Å²) in [6.45, 7) is 0. The highest BCUT2D eigenvalue weighted by Gasteiger charge is 2.12. The van der Waals surface area contributed by atoms with Crippen molar-refractivity contribution in [2.75, 3.05) is 0 Å². The molecule has 0 fully saturated rings. The molecule has 0 saturated heterocycles. The number of benzene rings is 2. The molecule has 5 nitrogen and oxygen atoms in total. The molecule has 4 N–H and O–H groups in total. The summed E-state index contributed by atoms with van der Waals surface area (Å²) >= 11 is 0. The molecule has 0 saturated carbocycles. The van der Waals surface area contributed by atoms with Crippen LogP contribution in [0.2, 0.25) is 0 Å². The van der Waals surface area contributed by atoms with Crippen LogP contribution in [0.25, 0.3) is 11.1 Å². The number of rotatable bonds is 6. The van der Waals surface area contributed by atoms with Crippen LogP contribution in [0.5, 0.6) is 0 Å². The maximum absolute atomic E-state index is 10.8. The van der Waals surface area contributed by atoms with Crippen molar-refractivity contribution >= 4 is 11.9 Å². The molecule has 2 rings (SSSR count). The summed E-state index contributed by atoms with van der Waals surface area (Å²) in [5.74, 6) is -1.91. The van der Waals surface area contributed by atoms with Gasteiger partial charge < -0.3 is 15.9 Å². The minimum Gasteiger partial charge on any atom is -0.481 e. The minimum atomic E-state index is -1.03. The third-order valence-electron chi connectivity index (χ3n) is 3.32. The van der Waals surface area contributed by atoms with Crippen LogP contribution in [-0.2, 0) is 22.4 Å². The van der Waals surface area contributed by atoms with E-state index in [1.165, 1.54) is 0 Å². The summed E-state index contributed by atoms with van der Waals surface area (Å²) in [4.78, 5) is 21.6. The first kappa shape index (κ1) is 15.7. The molecule has 1 unspecified atom stereocenters. The maximum Gasteiger partial charge on any atom is 0.320 e. The van der Waals surface area contributed by atoms with E-state index in [0.29, 0.717) is 0 Å². The van der Waals surface area contributed by atoms with E-state index in [-0.39, 0.29) is 12.8 Å². The lowest BCUT2D eigenvalue weighted by Crippen LogP contribution is -2.32. The lowest BCUT2D eigenvalue weighted by atomic mass is 9.98. The Kier molecular flexibility index (Phi) is 4.91. The van der Waals surface area contributed by atoms with Gasteiger partial charge in [0.2, 0.25) is 0 Å². The molecule has 5 heteroatoms. The van der Waals surface area contributed by atoms with Gasteiger partial charge in [0.05, 0.1) is 6.42 Å². The lowest BCUT2D eigenvalue weighted by Gasteiger charge is -2.09. The standard InChI is InChI=1S/C17H17NO4/c18-15(17(21)22)9-11-3-1-5-13(7-11)14-6-2-4-12(8-14)10-16(19)20/h1-8,15H,9-10,18H2,(H,19,20)(H,21,22). The predicted octanol–water partition coefficient (Wildman–Crippen LogP) is 1.94. The molecule has 0 aliphatic heterocycles. The highest BCUT2D eigenvalue weighted by Crippen LogP contribution is 2.22. The predicted molar refractivity (Wildman–Crippen MR) is 82.5 cm³/mol. The van der Waals surface area contributed by atoms with E-state index in [2.05, 4.69) is 0 Å². The van der Waals surface area contributed by atoms with Crippen LogP contribution in [0.1, 0.15) is 11.1 Å². The van der Waals surface area contributed by atoms with Gasteiger partial charge in [-0.15, -0.1) is 0 Å². The topological polar surface area (TPSA) is 101 Å². The van der Waals surface area contributed by atoms with E-state index < -0.39 is 18.0 Å². The first-order valence-corrected chi connectivity index (χ1v) is 6.84. The van der Waals surface area contributed by atoms with Gasteiger partial charge in [0.15, 0.2) is 0 Å². The van der Waals surface area contributed by atoms with Crippen molar-refractivity contribution in [3.8, 4) is 11.1 Å². The number of nitrogens with two attached hydrogens (primary N) is 1. The molecule has 0 amide bonds. The van der Waals surface area contributed by atoms with Gasteiger partial charge in [-0.05, 0) is 28.7 Å².